The number of aromatic nitrogens is 2. The molecule has 1 aromatic heterocycles. The molecule has 10 heteroatoms. The zero-order valence-electron chi connectivity index (χ0n) is 11.6. The Morgan fingerprint density at radius 1 is 1.30 bits per heavy atom. The molecule has 23 heavy (non-hydrogen) atoms. The predicted octanol–water partition coefficient (Wildman–Crippen LogP) is 0.944. The number of nitrogens with two attached hydrogens (primary N) is 2. The number of hydrogen-bond donors (Lipinski definition) is 4. The van der Waals surface area contributed by atoms with Gasteiger partial charge in [0.15, 0.2) is 11.0 Å². The molecule has 0 aliphatic carbocycles. The molecular weight excluding hydrogens is 386 g/mol. The fourth-order valence-corrected chi connectivity index (χ4v) is 2.46. The molecule has 2 aromatic rings. The van der Waals surface area contributed by atoms with Gasteiger partial charge in [0.2, 0.25) is 5.91 Å². The van der Waals surface area contributed by atoms with E-state index in [9.17, 15) is 14.4 Å². The largest absolute Gasteiger partial charge is 0.382 e. The van der Waals surface area contributed by atoms with E-state index in [0.29, 0.717) is 5.56 Å². The van der Waals surface area contributed by atoms with Crippen LogP contribution >= 0.6 is 27.7 Å². The van der Waals surface area contributed by atoms with Crippen LogP contribution in [0.3, 0.4) is 0 Å². The first-order valence-electron chi connectivity index (χ1n) is 6.24. The van der Waals surface area contributed by atoms with Crippen LogP contribution in [0.5, 0.6) is 0 Å². The van der Waals surface area contributed by atoms with Gasteiger partial charge in [-0.25, -0.2) is 4.98 Å². The number of aromatic amines is 1. The van der Waals surface area contributed by atoms with Crippen molar-refractivity contribution in [3.8, 4) is 0 Å². The number of carbonyl (C=O) groups is 2. The number of nitrogens with zero attached hydrogens (tertiary/aromatic N) is 1. The van der Waals surface area contributed by atoms with Gasteiger partial charge >= 0.3 is 0 Å². The SMILES string of the molecule is NC(=O)CSc1nc(N)c(NC(=O)c2ccc(Br)cc2)c(=O)[nH]1. The highest BCUT2D eigenvalue weighted by Gasteiger charge is 2.14. The smallest absolute Gasteiger partial charge is 0.277 e. The van der Waals surface area contributed by atoms with Crippen molar-refractivity contribution in [2.75, 3.05) is 16.8 Å². The van der Waals surface area contributed by atoms with Gasteiger partial charge in [0, 0.05) is 10.0 Å². The number of halogens is 1. The summed E-state index contributed by atoms with van der Waals surface area (Å²) in [6, 6.07) is 6.58. The lowest BCUT2D eigenvalue weighted by Gasteiger charge is -2.08. The van der Waals surface area contributed by atoms with Crippen LogP contribution in [0.15, 0.2) is 38.7 Å². The van der Waals surface area contributed by atoms with Gasteiger partial charge in [0.05, 0.1) is 5.75 Å². The molecule has 0 saturated heterocycles. The number of anilines is 2. The minimum absolute atomic E-state index is 0.0486. The topological polar surface area (TPSA) is 144 Å². The predicted molar refractivity (Wildman–Crippen MR) is 91.3 cm³/mol. The Labute approximate surface area is 143 Å². The Kier molecular flexibility index (Phi) is 5.40. The van der Waals surface area contributed by atoms with Crippen molar-refractivity contribution in [3.05, 3.63) is 44.7 Å². The van der Waals surface area contributed by atoms with E-state index < -0.39 is 17.4 Å². The van der Waals surface area contributed by atoms with E-state index in [-0.39, 0.29) is 22.4 Å². The Bertz CT molecular complexity index is 806. The first-order chi connectivity index (χ1) is 10.9. The summed E-state index contributed by atoms with van der Waals surface area (Å²) in [5.74, 6) is -1.24. The normalized spacial score (nSPS) is 10.3. The van der Waals surface area contributed by atoms with Crippen LogP contribution in [0.1, 0.15) is 10.4 Å². The van der Waals surface area contributed by atoms with Crippen molar-refractivity contribution < 1.29 is 9.59 Å². The van der Waals surface area contributed by atoms with E-state index in [1.807, 2.05) is 0 Å². The summed E-state index contributed by atoms with van der Waals surface area (Å²) < 4.78 is 0.823. The Morgan fingerprint density at radius 2 is 1.96 bits per heavy atom. The number of nitrogen functional groups attached to an aromatic ring is 1. The molecule has 0 radical (unpaired) electrons. The molecule has 2 rings (SSSR count). The summed E-state index contributed by atoms with van der Waals surface area (Å²) in [6.07, 6.45) is 0. The van der Waals surface area contributed by atoms with Crippen LogP contribution in [-0.2, 0) is 4.79 Å². The molecule has 2 amide bonds. The van der Waals surface area contributed by atoms with Gasteiger partial charge in [-0.3, -0.25) is 19.4 Å². The molecule has 1 heterocycles. The molecule has 1 aromatic carbocycles. The lowest BCUT2D eigenvalue weighted by atomic mass is 10.2. The molecule has 0 fully saturated rings. The van der Waals surface area contributed by atoms with Crippen LogP contribution in [0.25, 0.3) is 0 Å². The highest BCUT2D eigenvalue weighted by atomic mass is 79.9. The quantitative estimate of drug-likeness (QED) is 0.436. The zero-order valence-corrected chi connectivity index (χ0v) is 14.0. The molecule has 6 N–H and O–H groups in total. The lowest BCUT2D eigenvalue weighted by Crippen LogP contribution is -2.23. The monoisotopic (exact) mass is 397 g/mol. The minimum Gasteiger partial charge on any atom is -0.382 e. The number of carbonyl (C=O) groups excluding carboxylic acids is 2. The third-order valence-electron chi connectivity index (χ3n) is 2.62. The summed E-state index contributed by atoms with van der Waals surface area (Å²) in [7, 11) is 0. The molecule has 8 nitrogen and oxygen atoms in total. The molecule has 0 spiro atoms. The summed E-state index contributed by atoms with van der Waals surface area (Å²) in [4.78, 5) is 41.2. The second kappa shape index (κ2) is 7.29. The number of thioether (sulfide) groups is 1. The average molecular weight is 398 g/mol. The maximum Gasteiger partial charge on any atom is 0.277 e. The van der Waals surface area contributed by atoms with Gasteiger partial charge in [0.1, 0.15) is 5.69 Å². The molecular formula is C13H12BrN5O3S. The number of primary amides is 1. The summed E-state index contributed by atoms with van der Waals surface area (Å²) >= 11 is 4.21. The van der Waals surface area contributed by atoms with E-state index in [1.165, 1.54) is 0 Å². The van der Waals surface area contributed by atoms with Crippen LogP contribution in [0, 0.1) is 0 Å². The van der Waals surface area contributed by atoms with E-state index in [4.69, 9.17) is 11.5 Å². The second-order valence-corrected chi connectivity index (χ2v) is 6.23. The fourth-order valence-electron chi connectivity index (χ4n) is 1.58. The van der Waals surface area contributed by atoms with Gasteiger partial charge in [-0.1, -0.05) is 27.7 Å². The number of nitrogens with one attached hydrogen (secondary N) is 2. The van der Waals surface area contributed by atoms with Crippen LogP contribution in [0.2, 0.25) is 0 Å². The molecule has 0 aliphatic rings. The number of rotatable bonds is 5. The molecule has 0 atom stereocenters. The Balaban J connectivity index is 2.20. The highest BCUT2D eigenvalue weighted by molar-refractivity contribution is 9.10. The number of benzene rings is 1. The van der Waals surface area contributed by atoms with Gasteiger partial charge < -0.3 is 16.8 Å². The van der Waals surface area contributed by atoms with E-state index in [1.54, 1.807) is 24.3 Å². The molecule has 120 valence electrons. The number of H-pyrrole nitrogens is 1. The number of hydrogen-bond acceptors (Lipinski definition) is 6. The van der Waals surface area contributed by atoms with Gasteiger partial charge in [-0.2, -0.15) is 0 Å². The van der Waals surface area contributed by atoms with Crippen LogP contribution in [0.4, 0.5) is 11.5 Å². The molecule has 0 unspecified atom stereocenters. The van der Waals surface area contributed by atoms with E-state index >= 15 is 0 Å². The van der Waals surface area contributed by atoms with Gasteiger partial charge in [0.25, 0.3) is 11.5 Å². The summed E-state index contributed by atoms with van der Waals surface area (Å²) in [5, 5.41) is 2.57. The van der Waals surface area contributed by atoms with E-state index in [2.05, 4.69) is 31.2 Å². The van der Waals surface area contributed by atoms with Crippen molar-refractivity contribution in [3.63, 3.8) is 0 Å². The summed E-state index contributed by atoms with van der Waals surface area (Å²) in [6.45, 7) is 0. The first-order valence-corrected chi connectivity index (χ1v) is 8.02. The minimum atomic E-state index is -0.616. The zero-order chi connectivity index (χ0) is 17.0. The maximum atomic E-state index is 12.1. The van der Waals surface area contributed by atoms with Crippen molar-refractivity contribution in [2.45, 2.75) is 5.16 Å². The van der Waals surface area contributed by atoms with Gasteiger partial charge in [-0.05, 0) is 24.3 Å². The third-order valence-corrected chi connectivity index (χ3v) is 4.05. The van der Waals surface area contributed by atoms with Crippen molar-refractivity contribution >= 4 is 51.0 Å². The first kappa shape index (κ1) is 17.0. The Hall–Kier alpha value is -2.33. The van der Waals surface area contributed by atoms with Crippen LogP contribution in [-0.4, -0.2) is 27.5 Å². The Morgan fingerprint density at radius 3 is 2.52 bits per heavy atom. The van der Waals surface area contributed by atoms with Gasteiger partial charge in [-0.15, -0.1) is 0 Å². The molecule has 0 aliphatic heterocycles. The molecule has 0 bridgehead atoms. The third kappa shape index (κ3) is 4.57. The van der Waals surface area contributed by atoms with Crippen molar-refractivity contribution in [2.24, 2.45) is 5.73 Å². The lowest BCUT2D eigenvalue weighted by molar-refractivity contribution is -0.115. The fraction of sp³-hybridized carbons (Fsp3) is 0.0769. The standard InChI is InChI=1S/C13H12BrN5O3S/c14-7-3-1-6(2-4-7)11(21)17-9-10(16)18-13(19-12(9)22)23-5-8(15)20/h1-4H,5H2,(H2,15,20)(H,17,21)(H3,16,18,19,22). The van der Waals surface area contributed by atoms with Crippen LogP contribution < -0.4 is 22.3 Å². The average Bonchev–Trinajstić information content (AvgIpc) is 2.49. The number of amides is 2. The molecule has 0 saturated carbocycles. The van der Waals surface area contributed by atoms with Crippen molar-refractivity contribution in [1.29, 1.82) is 0 Å². The highest BCUT2D eigenvalue weighted by Crippen LogP contribution is 2.17. The summed E-state index contributed by atoms with van der Waals surface area (Å²) in [5.41, 5.74) is 10.3. The second-order valence-electron chi connectivity index (χ2n) is 4.35. The van der Waals surface area contributed by atoms with E-state index in [0.717, 1.165) is 16.2 Å². The van der Waals surface area contributed by atoms with Crippen molar-refractivity contribution in [1.82, 2.24) is 9.97 Å². The maximum absolute atomic E-state index is 12.1.